The minimum absolute atomic E-state index is 0.453. The second-order valence-corrected chi connectivity index (χ2v) is 3.05. The highest BCUT2D eigenvalue weighted by molar-refractivity contribution is 9.10. The molecule has 0 aliphatic carbocycles. The molecule has 1 heterocycles. The lowest BCUT2D eigenvalue weighted by Gasteiger charge is -2.04. The zero-order valence-corrected chi connectivity index (χ0v) is 8.06. The molecule has 0 spiro atoms. The summed E-state index contributed by atoms with van der Waals surface area (Å²) in [7, 11) is 0. The third kappa shape index (κ3) is 2.03. The summed E-state index contributed by atoms with van der Waals surface area (Å²) >= 11 is 2.57. The summed E-state index contributed by atoms with van der Waals surface area (Å²) in [6, 6.07) is 0.453. The standard InChI is InChI=1S/C7H3BrF3NO2/c8-5-4(6(10)11)2(9)1-3(12-5)7(13)14/h1,6H,(H,13,14). The third-order valence-corrected chi connectivity index (χ3v) is 2.00. The molecule has 3 nitrogen and oxygen atoms in total. The highest BCUT2D eigenvalue weighted by Gasteiger charge is 2.21. The van der Waals surface area contributed by atoms with Crippen molar-refractivity contribution in [2.24, 2.45) is 0 Å². The monoisotopic (exact) mass is 269 g/mol. The quantitative estimate of drug-likeness (QED) is 0.840. The minimum atomic E-state index is -3.04. The molecule has 0 atom stereocenters. The molecule has 0 bridgehead atoms. The fraction of sp³-hybridized carbons (Fsp3) is 0.143. The zero-order valence-electron chi connectivity index (χ0n) is 6.47. The van der Waals surface area contributed by atoms with Crippen molar-refractivity contribution in [1.29, 1.82) is 0 Å². The average Bonchev–Trinajstić information content (AvgIpc) is 2.01. The first-order chi connectivity index (χ1) is 6.43. The molecule has 1 rings (SSSR count). The number of aromatic carboxylic acids is 1. The molecular weight excluding hydrogens is 267 g/mol. The molecule has 0 saturated heterocycles. The maximum Gasteiger partial charge on any atom is 0.354 e. The van der Waals surface area contributed by atoms with Gasteiger partial charge in [0.2, 0.25) is 0 Å². The van der Waals surface area contributed by atoms with E-state index in [-0.39, 0.29) is 0 Å². The van der Waals surface area contributed by atoms with Crippen molar-refractivity contribution in [1.82, 2.24) is 4.98 Å². The van der Waals surface area contributed by atoms with Gasteiger partial charge in [0, 0.05) is 6.07 Å². The van der Waals surface area contributed by atoms with Gasteiger partial charge in [-0.2, -0.15) is 0 Å². The van der Waals surface area contributed by atoms with E-state index in [1.807, 2.05) is 0 Å². The molecule has 0 saturated carbocycles. The smallest absolute Gasteiger partial charge is 0.354 e. The Morgan fingerprint density at radius 2 is 2.14 bits per heavy atom. The Bertz CT molecular complexity index is 360. The lowest BCUT2D eigenvalue weighted by atomic mass is 10.2. The van der Waals surface area contributed by atoms with E-state index in [4.69, 9.17) is 5.11 Å². The Kier molecular flexibility index (Phi) is 3.10. The normalized spacial score (nSPS) is 10.6. The van der Waals surface area contributed by atoms with E-state index in [0.717, 1.165) is 0 Å². The van der Waals surface area contributed by atoms with Gasteiger partial charge >= 0.3 is 5.97 Å². The first-order valence-electron chi connectivity index (χ1n) is 3.31. The molecule has 14 heavy (non-hydrogen) atoms. The van der Waals surface area contributed by atoms with Crippen molar-refractivity contribution in [3.8, 4) is 0 Å². The molecule has 1 aromatic heterocycles. The van der Waals surface area contributed by atoms with Gasteiger partial charge in [0.05, 0.1) is 5.56 Å². The number of carboxylic acid groups (broad SMARTS) is 1. The number of hydrogen-bond donors (Lipinski definition) is 1. The first-order valence-corrected chi connectivity index (χ1v) is 4.10. The van der Waals surface area contributed by atoms with Crippen LogP contribution in [0.2, 0.25) is 0 Å². The lowest BCUT2D eigenvalue weighted by molar-refractivity contribution is 0.0688. The summed E-state index contributed by atoms with van der Waals surface area (Å²) in [5.74, 6) is -2.77. The van der Waals surface area contributed by atoms with Crippen molar-refractivity contribution >= 4 is 21.9 Å². The van der Waals surface area contributed by atoms with Crippen LogP contribution in [0.5, 0.6) is 0 Å². The van der Waals surface area contributed by atoms with Crippen molar-refractivity contribution in [2.75, 3.05) is 0 Å². The SMILES string of the molecule is O=C(O)c1cc(F)c(C(F)F)c(Br)n1. The molecule has 0 unspecified atom stereocenters. The van der Waals surface area contributed by atoms with Crippen LogP contribution in [-0.2, 0) is 0 Å². The van der Waals surface area contributed by atoms with E-state index in [2.05, 4.69) is 20.9 Å². The van der Waals surface area contributed by atoms with Gasteiger partial charge in [-0.05, 0) is 15.9 Å². The van der Waals surface area contributed by atoms with Crippen LogP contribution < -0.4 is 0 Å². The zero-order chi connectivity index (χ0) is 10.9. The summed E-state index contributed by atoms with van der Waals surface area (Å²) in [5, 5.41) is 8.43. The largest absolute Gasteiger partial charge is 0.477 e. The van der Waals surface area contributed by atoms with Crippen LogP contribution in [0.25, 0.3) is 0 Å². The highest BCUT2D eigenvalue weighted by Crippen LogP contribution is 2.28. The maximum absolute atomic E-state index is 12.9. The number of hydrogen-bond acceptors (Lipinski definition) is 2. The molecule has 0 aliphatic rings. The summed E-state index contributed by atoms with van der Waals surface area (Å²) in [5.41, 5.74) is -1.56. The van der Waals surface area contributed by atoms with Crippen LogP contribution >= 0.6 is 15.9 Å². The van der Waals surface area contributed by atoms with Gasteiger partial charge in [0.25, 0.3) is 6.43 Å². The molecule has 0 aliphatic heterocycles. The fourth-order valence-electron chi connectivity index (χ4n) is 0.798. The summed E-state index contributed by atoms with van der Waals surface area (Å²) < 4.78 is 36.7. The van der Waals surface area contributed by atoms with Crippen LogP contribution in [0, 0.1) is 5.82 Å². The minimum Gasteiger partial charge on any atom is -0.477 e. The Labute approximate surface area is 84.7 Å². The number of carboxylic acids is 1. The Morgan fingerprint density at radius 1 is 1.57 bits per heavy atom. The van der Waals surface area contributed by atoms with Crippen molar-refractivity contribution in [2.45, 2.75) is 6.43 Å². The molecule has 0 fully saturated rings. The Morgan fingerprint density at radius 3 is 2.50 bits per heavy atom. The number of rotatable bonds is 2. The second-order valence-electron chi connectivity index (χ2n) is 2.30. The van der Waals surface area contributed by atoms with Gasteiger partial charge in [0.15, 0.2) is 5.69 Å². The molecule has 0 amide bonds. The Balaban J connectivity index is 3.32. The number of carbonyl (C=O) groups is 1. The van der Waals surface area contributed by atoms with E-state index >= 15 is 0 Å². The molecule has 0 aromatic carbocycles. The van der Waals surface area contributed by atoms with Gasteiger partial charge in [-0.1, -0.05) is 0 Å². The number of aromatic nitrogens is 1. The second kappa shape index (κ2) is 3.95. The fourth-order valence-corrected chi connectivity index (χ4v) is 1.35. The summed E-state index contributed by atoms with van der Waals surface area (Å²) in [4.78, 5) is 13.6. The van der Waals surface area contributed by atoms with Crippen LogP contribution in [0.1, 0.15) is 22.5 Å². The topological polar surface area (TPSA) is 50.2 Å². The number of nitrogens with zero attached hydrogens (tertiary/aromatic N) is 1. The van der Waals surface area contributed by atoms with Crippen molar-refractivity contribution in [3.05, 3.63) is 27.7 Å². The molecular formula is C7H3BrF3NO2. The number of alkyl halides is 2. The van der Waals surface area contributed by atoms with Gasteiger partial charge in [-0.25, -0.2) is 22.9 Å². The van der Waals surface area contributed by atoms with Crippen LogP contribution in [0.15, 0.2) is 10.7 Å². The first kappa shape index (κ1) is 11.0. The van der Waals surface area contributed by atoms with E-state index in [0.29, 0.717) is 6.07 Å². The van der Waals surface area contributed by atoms with Gasteiger partial charge in [0.1, 0.15) is 10.4 Å². The van der Waals surface area contributed by atoms with E-state index in [1.165, 1.54) is 0 Å². The van der Waals surface area contributed by atoms with Crippen LogP contribution in [0.4, 0.5) is 13.2 Å². The highest BCUT2D eigenvalue weighted by atomic mass is 79.9. The summed E-state index contributed by atoms with van der Waals surface area (Å²) in [6.07, 6.45) is -3.04. The van der Waals surface area contributed by atoms with E-state index < -0.39 is 34.1 Å². The van der Waals surface area contributed by atoms with Crippen LogP contribution in [-0.4, -0.2) is 16.1 Å². The predicted octanol–water partition coefficient (Wildman–Crippen LogP) is 2.62. The molecule has 1 aromatic rings. The molecule has 0 radical (unpaired) electrons. The third-order valence-electron chi connectivity index (χ3n) is 1.40. The van der Waals surface area contributed by atoms with Gasteiger partial charge < -0.3 is 5.11 Å². The lowest BCUT2D eigenvalue weighted by Crippen LogP contribution is -2.05. The van der Waals surface area contributed by atoms with Crippen molar-refractivity contribution in [3.63, 3.8) is 0 Å². The number of halogens is 4. The van der Waals surface area contributed by atoms with Crippen molar-refractivity contribution < 1.29 is 23.1 Å². The van der Waals surface area contributed by atoms with Gasteiger partial charge in [-0.15, -0.1) is 0 Å². The van der Waals surface area contributed by atoms with E-state index in [1.54, 1.807) is 0 Å². The summed E-state index contributed by atoms with van der Waals surface area (Å²) in [6.45, 7) is 0. The van der Waals surface area contributed by atoms with Crippen LogP contribution in [0.3, 0.4) is 0 Å². The maximum atomic E-state index is 12.9. The molecule has 76 valence electrons. The molecule has 7 heteroatoms. The predicted molar refractivity (Wildman–Crippen MR) is 43.8 cm³/mol. The average molecular weight is 270 g/mol. The van der Waals surface area contributed by atoms with Gasteiger partial charge in [-0.3, -0.25) is 0 Å². The van der Waals surface area contributed by atoms with E-state index in [9.17, 15) is 18.0 Å². The number of pyridine rings is 1. The Hall–Kier alpha value is -1.11. The molecule has 1 N–H and O–H groups in total.